The molecule has 0 aliphatic carbocycles. The third-order valence-corrected chi connectivity index (χ3v) is 4.41. The van der Waals surface area contributed by atoms with Gasteiger partial charge in [-0.2, -0.15) is 5.10 Å². The third kappa shape index (κ3) is 2.54. The van der Waals surface area contributed by atoms with Crippen LogP contribution in [0.1, 0.15) is 63.3 Å². The molecule has 106 valence electrons. The Bertz CT molecular complexity index is 443. The van der Waals surface area contributed by atoms with Crippen molar-refractivity contribution in [2.75, 3.05) is 13.1 Å². The Labute approximate surface area is 114 Å². The summed E-state index contributed by atoms with van der Waals surface area (Å²) in [5.41, 5.74) is 0. The maximum Gasteiger partial charge on any atom is 0.155 e. The lowest BCUT2D eigenvalue weighted by atomic mass is 9.96. The Balaban J connectivity index is 1.78. The van der Waals surface area contributed by atoms with Crippen molar-refractivity contribution >= 4 is 0 Å². The average molecular weight is 264 g/mol. The Morgan fingerprint density at radius 2 is 2.11 bits per heavy atom. The van der Waals surface area contributed by atoms with Crippen LogP contribution in [0.3, 0.4) is 0 Å². The van der Waals surface area contributed by atoms with Crippen LogP contribution in [0.5, 0.6) is 0 Å². The normalized spacial score (nSPS) is 28.6. The number of aliphatic hydroxyl groups excluding tert-OH is 1. The summed E-state index contributed by atoms with van der Waals surface area (Å²) in [6.07, 6.45) is 4.69. The molecular formula is C14H24N4O. The van der Waals surface area contributed by atoms with Crippen molar-refractivity contribution in [3.05, 3.63) is 11.6 Å². The summed E-state index contributed by atoms with van der Waals surface area (Å²) in [6, 6.07) is 0.589. The largest absolute Gasteiger partial charge is 0.372 e. The highest BCUT2D eigenvalue weighted by molar-refractivity contribution is 5.04. The van der Waals surface area contributed by atoms with Crippen molar-refractivity contribution in [1.82, 2.24) is 19.7 Å². The first-order valence-corrected chi connectivity index (χ1v) is 7.52. The zero-order chi connectivity index (χ0) is 13.4. The molecule has 0 aromatic carbocycles. The fourth-order valence-corrected chi connectivity index (χ4v) is 3.21. The Morgan fingerprint density at radius 3 is 2.84 bits per heavy atom. The first-order valence-electron chi connectivity index (χ1n) is 7.52. The van der Waals surface area contributed by atoms with Crippen LogP contribution in [0, 0.1) is 0 Å². The fourth-order valence-electron chi connectivity index (χ4n) is 3.21. The van der Waals surface area contributed by atoms with Crippen LogP contribution in [-0.2, 0) is 6.42 Å². The average Bonchev–Trinajstić information content (AvgIpc) is 2.84. The number of hydrogen-bond donors (Lipinski definition) is 1. The smallest absolute Gasteiger partial charge is 0.155 e. The van der Waals surface area contributed by atoms with Gasteiger partial charge in [0.1, 0.15) is 12.1 Å². The summed E-state index contributed by atoms with van der Waals surface area (Å²) in [5, 5.41) is 14.5. The Hall–Kier alpha value is -0.940. The molecule has 1 aromatic heterocycles. The molecule has 2 atom stereocenters. The second-order valence-corrected chi connectivity index (χ2v) is 6.13. The van der Waals surface area contributed by atoms with Gasteiger partial charge in [0.05, 0.1) is 0 Å². The number of hydrogen-bond acceptors (Lipinski definition) is 4. The first kappa shape index (κ1) is 13.1. The van der Waals surface area contributed by atoms with Gasteiger partial charge in [-0.15, -0.1) is 0 Å². The minimum absolute atomic E-state index is 0.432. The lowest BCUT2D eigenvalue weighted by Gasteiger charge is -2.34. The van der Waals surface area contributed by atoms with E-state index in [0.29, 0.717) is 12.0 Å². The lowest BCUT2D eigenvalue weighted by Crippen LogP contribution is -2.39. The van der Waals surface area contributed by atoms with Crippen molar-refractivity contribution < 1.29 is 5.11 Å². The second-order valence-electron chi connectivity index (χ2n) is 6.13. The van der Waals surface area contributed by atoms with E-state index in [0.717, 1.165) is 37.5 Å². The summed E-state index contributed by atoms with van der Waals surface area (Å²) >= 11 is 0. The Kier molecular flexibility index (Phi) is 3.58. The van der Waals surface area contributed by atoms with E-state index in [1.165, 1.54) is 19.4 Å². The lowest BCUT2D eigenvalue weighted by molar-refractivity contribution is 0.0639. The summed E-state index contributed by atoms with van der Waals surface area (Å²) in [4.78, 5) is 7.19. The molecule has 19 heavy (non-hydrogen) atoms. The molecule has 5 nitrogen and oxygen atoms in total. The molecule has 2 aliphatic heterocycles. The van der Waals surface area contributed by atoms with E-state index in [1.807, 2.05) is 0 Å². The van der Waals surface area contributed by atoms with E-state index in [1.54, 1.807) is 4.68 Å². The minimum Gasteiger partial charge on any atom is -0.372 e. The highest BCUT2D eigenvalue weighted by Gasteiger charge is 2.28. The number of aromatic nitrogens is 3. The second kappa shape index (κ2) is 5.21. The Morgan fingerprint density at radius 1 is 1.26 bits per heavy atom. The molecule has 1 aromatic rings. The van der Waals surface area contributed by atoms with E-state index in [9.17, 15) is 5.11 Å². The zero-order valence-electron chi connectivity index (χ0n) is 11.9. The van der Waals surface area contributed by atoms with Crippen LogP contribution in [-0.4, -0.2) is 43.9 Å². The van der Waals surface area contributed by atoms with E-state index in [2.05, 4.69) is 28.8 Å². The van der Waals surface area contributed by atoms with Gasteiger partial charge in [-0.05, 0) is 46.1 Å². The van der Waals surface area contributed by atoms with Gasteiger partial charge in [0.15, 0.2) is 5.82 Å². The van der Waals surface area contributed by atoms with Gasteiger partial charge < -0.3 is 10.0 Å². The first-order chi connectivity index (χ1) is 9.15. The molecule has 0 radical (unpaired) electrons. The molecule has 2 unspecified atom stereocenters. The van der Waals surface area contributed by atoms with Gasteiger partial charge in [0.2, 0.25) is 0 Å². The van der Waals surface area contributed by atoms with Crippen LogP contribution in [0.4, 0.5) is 0 Å². The molecule has 1 saturated heterocycles. The van der Waals surface area contributed by atoms with Crippen LogP contribution >= 0.6 is 0 Å². The molecule has 0 saturated carbocycles. The monoisotopic (exact) mass is 264 g/mol. The number of aryl methyl sites for hydroxylation is 1. The molecule has 5 heteroatoms. The van der Waals surface area contributed by atoms with Crippen LogP contribution in [0.2, 0.25) is 0 Å². The molecule has 0 amide bonds. The predicted octanol–water partition coefficient (Wildman–Crippen LogP) is 1.69. The molecule has 0 spiro atoms. The van der Waals surface area contributed by atoms with Gasteiger partial charge in [-0.1, -0.05) is 0 Å². The van der Waals surface area contributed by atoms with Gasteiger partial charge in [0.25, 0.3) is 0 Å². The number of likely N-dealkylation sites (tertiary alicyclic amines) is 1. The van der Waals surface area contributed by atoms with E-state index in [-0.39, 0.29) is 0 Å². The van der Waals surface area contributed by atoms with Crippen LogP contribution in [0.25, 0.3) is 0 Å². The number of fused-ring (bicyclic) bond motifs is 1. The maximum absolute atomic E-state index is 9.96. The quantitative estimate of drug-likeness (QED) is 0.883. The number of rotatable bonds is 2. The number of aliphatic hydroxyl groups is 1. The van der Waals surface area contributed by atoms with Gasteiger partial charge in [-0.25, -0.2) is 9.67 Å². The number of piperidine rings is 1. The summed E-state index contributed by atoms with van der Waals surface area (Å²) in [5.74, 6) is 2.35. The molecule has 2 aliphatic rings. The minimum atomic E-state index is -0.463. The standard InChI is InChI=1S/C14H24N4O/c1-10(2)17-8-4-5-11(9-17)14-15-12-6-3-7-13(19)18(12)16-14/h10-11,13,19H,3-9H2,1-2H3. The predicted molar refractivity (Wildman–Crippen MR) is 72.9 cm³/mol. The van der Waals surface area contributed by atoms with E-state index in [4.69, 9.17) is 0 Å². The van der Waals surface area contributed by atoms with E-state index >= 15 is 0 Å². The topological polar surface area (TPSA) is 54.2 Å². The highest BCUT2D eigenvalue weighted by Crippen LogP contribution is 2.28. The van der Waals surface area contributed by atoms with Crippen molar-refractivity contribution in [2.45, 2.75) is 64.1 Å². The summed E-state index contributed by atoms with van der Waals surface area (Å²) in [6.45, 7) is 6.73. The highest BCUT2D eigenvalue weighted by atomic mass is 16.3. The number of nitrogens with zero attached hydrogens (tertiary/aromatic N) is 4. The van der Waals surface area contributed by atoms with Gasteiger partial charge >= 0.3 is 0 Å². The van der Waals surface area contributed by atoms with Crippen molar-refractivity contribution in [3.63, 3.8) is 0 Å². The van der Waals surface area contributed by atoms with Gasteiger partial charge in [0, 0.05) is 24.9 Å². The van der Waals surface area contributed by atoms with Crippen LogP contribution < -0.4 is 0 Å². The fraction of sp³-hybridized carbons (Fsp3) is 0.857. The molecule has 3 rings (SSSR count). The zero-order valence-corrected chi connectivity index (χ0v) is 11.9. The van der Waals surface area contributed by atoms with Crippen LogP contribution in [0.15, 0.2) is 0 Å². The van der Waals surface area contributed by atoms with Crippen molar-refractivity contribution in [1.29, 1.82) is 0 Å². The molecule has 1 fully saturated rings. The van der Waals surface area contributed by atoms with E-state index < -0.39 is 6.23 Å². The maximum atomic E-state index is 9.96. The molecule has 3 heterocycles. The SMILES string of the molecule is CC(C)N1CCCC(c2nc3n(n2)C(O)CCC3)C1. The van der Waals surface area contributed by atoms with Crippen molar-refractivity contribution in [2.24, 2.45) is 0 Å². The van der Waals surface area contributed by atoms with Crippen molar-refractivity contribution in [3.8, 4) is 0 Å². The summed E-state index contributed by atoms with van der Waals surface area (Å²) in [7, 11) is 0. The molecule has 0 bridgehead atoms. The van der Waals surface area contributed by atoms with Gasteiger partial charge in [-0.3, -0.25) is 0 Å². The summed E-state index contributed by atoms with van der Waals surface area (Å²) < 4.78 is 1.74. The molecular weight excluding hydrogens is 240 g/mol. The molecule has 1 N–H and O–H groups in total. The third-order valence-electron chi connectivity index (χ3n) is 4.41.